The Morgan fingerprint density at radius 3 is 2.85 bits per heavy atom. The Kier molecular flexibility index (Phi) is 7.52. The number of carbonyl (C=O) groups excluding carboxylic acids is 1. The van der Waals surface area contributed by atoms with Crippen molar-refractivity contribution in [2.24, 2.45) is 0 Å². The number of hydrogen-bond acceptors (Lipinski definition) is 6. The minimum absolute atomic E-state index is 0.221. The van der Waals surface area contributed by atoms with Crippen LogP contribution in [0, 0.1) is 0 Å². The van der Waals surface area contributed by atoms with Crippen molar-refractivity contribution in [2.75, 3.05) is 52.8 Å². The van der Waals surface area contributed by atoms with E-state index in [1.807, 2.05) is 14.1 Å². The van der Waals surface area contributed by atoms with E-state index in [4.69, 9.17) is 4.74 Å². The summed E-state index contributed by atoms with van der Waals surface area (Å²) in [7, 11) is 5.66. The van der Waals surface area contributed by atoms with Crippen molar-refractivity contribution in [1.29, 1.82) is 0 Å². The van der Waals surface area contributed by atoms with Gasteiger partial charge >= 0.3 is 0 Å². The van der Waals surface area contributed by atoms with Crippen LogP contribution >= 0.6 is 0 Å². The van der Waals surface area contributed by atoms with Gasteiger partial charge in [-0.3, -0.25) is 4.79 Å². The number of aromatic nitrogens is 2. The Balaban J connectivity index is 2.42. The van der Waals surface area contributed by atoms with Gasteiger partial charge in [-0.15, -0.1) is 0 Å². The van der Waals surface area contributed by atoms with Crippen LogP contribution in [0.15, 0.2) is 12.4 Å². The molecule has 0 unspecified atom stereocenters. The third-order valence-corrected chi connectivity index (χ3v) is 2.58. The highest BCUT2D eigenvalue weighted by Crippen LogP contribution is 2.04. The molecule has 20 heavy (non-hydrogen) atoms. The molecule has 1 rings (SSSR count). The van der Waals surface area contributed by atoms with Crippen LogP contribution in [0.1, 0.15) is 16.9 Å². The number of nitrogens with one attached hydrogen (secondary N) is 2. The molecule has 1 aromatic heterocycles. The number of rotatable bonds is 9. The number of carbonyl (C=O) groups is 1. The van der Waals surface area contributed by atoms with Gasteiger partial charge in [-0.2, -0.15) is 0 Å². The molecule has 112 valence electrons. The number of hydrogen-bond donors (Lipinski definition) is 2. The van der Waals surface area contributed by atoms with Crippen LogP contribution in [0.4, 0.5) is 5.82 Å². The second kappa shape index (κ2) is 9.22. The minimum Gasteiger partial charge on any atom is -0.383 e. The van der Waals surface area contributed by atoms with Crippen molar-refractivity contribution in [1.82, 2.24) is 20.2 Å². The van der Waals surface area contributed by atoms with E-state index in [1.165, 1.54) is 6.33 Å². The number of methoxy groups -OCH3 is 1. The second-order valence-electron chi connectivity index (χ2n) is 4.62. The van der Waals surface area contributed by atoms with Crippen molar-refractivity contribution in [2.45, 2.75) is 6.42 Å². The summed E-state index contributed by atoms with van der Waals surface area (Å²) in [6.45, 7) is 2.75. The normalized spacial score (nSPS) is 10.6. The van der Waals surface area contributed by atoms with Crippen LogP contribution in [0.2, 0.25) is 0 Å². The maximum Gasteiger partial charge on any atom is 0.270 e. The van der Waals surface area contributed by atoms with E-state index in [1.54, 1.807) is 13.2 Å². The summed E-state index contributed by atoms with van der Waals surface area (Å²) in [4.78, 5) is 22.0. The monoisotopic (exact) mass is 281 g/mol. The van der Waals surface area contributed by atoms with E-state index in [2.05, 4.69) is 25.5 Å². The molecular weight excluding hydrogens is 258 g/mol. The number of nitrogens with zero attached hydrogens (tertiary/aromatic N) is 3. The summed E-state index contributed by atoms with van der Waals surface area (Å²) in [5, 5.41) is 5.90. The van der Waals surface area contributed by atoms with Gasteiger partial charge in [0.2, 0.25) is 0 Å². The smallest absolute Gasteiger partial charge is 0.270 e. The average Bonchev–Trinajstić information content (AvgIpc) is 2.44. The number of ether oxygens (including phenoxy) is 1. The first kappa shape index (κ1) is 16.3. The van der Waals surface area contributed by atoms with Crippen molar-refractivity contribution < 1.29 is 9.53 Å². The van der Waals surface area contributed by atoms with Crippen LogP contribution in [-0.4, -0.2) is 68.2 Å². The lowest BCUT2D eigenvalue weighted by atomic mass is 10.3. The highest BCUT2D eigenvalue weighted by atomic mass is 16.5. The molecule has 7 nitrogen and oxygen atoms in total. The molecule has 0 radical (unpaired) electrons. The van der Waals surface area contributed by atoms with Gasteiger partial charge in [-0.25, -0.2) is 9.97 Å². The zero-order valence-electron chi connectivity index (χ0n) is 12.3. The number of amides is 1. The van der Waals surface area contributed by atoms with E-state index in [0.29, 0.717) is 24.7 Å². The lowest BCUT2D eigenvalue weighted by Gasteiger charge is -2.10. The molecule has 0 spiro atoms. The van der Waals surface area contributed by atoms with Crippen LogP contribution in [0.5, 0.6) is 0 Å². The molecule has 0 fully saturated rings. The predicted octanol–water partition coefficient (Wildman–Crippen LogP) is 0.216. The molecule has 0 aliphatic rings. The van der Waals surface area contributed by atoms with Crippen molar-refractivity contribution >= 4 is 11.7 Å². The van der Waals surface area contributed by atoms with Gasteiger partial charge in [0, 0.05) is 26.3 Å². The molecule has 0 bridgehead atoms. The number of anilines is 1. The maximum atomic E-state index is 11.8. The van der Waals surface area contributed by atoms with Crippen molar-refractivity contribution in [3.05, 3.63) is 18.1 Å². The van der Waals surface area contributed by atoms with Crippen LogP contribution in [-0.2, 0) is 4.74 Å². The zero-order chi connectivity index (χ0) is 14.8. The van der Waals surface area contributed by atoms with E-state index < -0.39 is 0 Å². The summed E-state index contributed by atoms with van der Waals surface area (Å²) in [5.74, 6) is 0.441. The molecule has 1 amide bonds. The van der Waals surface area contributed by atoms with Gasteiger partial charge in [0.1, 0.15) is 17.8 Å². The largest absolute Gasteiger partial charge is 0.383 e. The topological polar surface area (TPSA) is 79.4 Å². The molecule has 0 aliphatic carbocycles. The average molecular weight is 281 g/mol. The highest BCUT2D eigenvalue weighted by Gasteiger charge is 2.07. The molecule has 7 heteroatoms. The van der Waals surface area contributed by atoms with Crippen LogP contribution in [0.25, 0.3) is 0 Å². The van der Waals surface area contributed by atoms with Gasteiger partial charge in [-0.05, 0) is 27.1 Å². The van der Waals surface area contributed by atoms with Crippen molar-refractivity contribution in [3.8, 4) is 0 Å². The summed E-state index contributed by atoms with van der Waals surface area (Å²) >= 11 is 0. The lowest BCUT2D eigenvalue weighted by molar-refractivity contribution is 0.0932. The first-order valence-electron chi connectivity index (χ1n) is 6.61. The lowest BCUT2D eigenvalue weighted by Crippen LogP contribution is -2.27. The Hall–Kier alpha value is -1.73. The standard InChI is InChI=1S/C13H23N5O2/c1-18(2)7-4-5-14-12-9-11(16-10-17-12)13(19)15-6-8-20-3/h9-10H,4-8H2,1-3H3,(H,15,19)(H,14,16,17). The molecule has 0 aliphatic heterocycles. The fourth-order valence-corrected chi connectivity index (χ4v) is 1.55. The summed E-state index contributed by atoms with van der Waals surface area (Å²) < 4.78 is 4.87. The summed E-state index contributed by atoms with van der Waals surface area (Å²) in [5.41, 5.74) is 0.353. The van der Waals surface area contributed by atoms with Gasteiger partial charge in [0.15, 0.2) is 0 Å². The Morgan fingerprint density at radius 1 is 1.35 bits per heavy atom. The van der Waals surface area contributed by atoms with Crippen LogP contribution in [0.3, 0.4) is 0 Å². The third kappa shape index (κ3) is 6.44. The Morgan fingerprint density at radius 2 is 2.15 bits per heavy atom. The third-order valence-electron chi connectivity index (χ3n) is 2.58. The Labute approximate surface area is 119 Å². The van der Waals surface area contributed by atoms with Crippen LogP contribution < -0.4 is 10.6 Å². The van der Waals surface area contributed by atoms with E-state index in [9.17, 15) is 4.79 Å². The quantitative estimate of drug-likeness (QED) is 0.630. The van der Waals surface area contributed by atoms with E-state index in [-0.39, 0.29) is 5.91 Å². The zero-order valence-corrected chi connectivity index (χ0v) is 12.3. The predicted molar refractivity (Wildman–Crippen MR) is 77.9 cm³/mol. The minimum atomic E-state index is -0.221. The molecule has 2 N–H and O–H groups in total. The molecule has 0 saturated heterocycles. The molecule has 0 saturated carbocycles. The SMILES string of the molecule is COCCNC(=O)c1cc(NCCCN(C)C)ncn1. The molecule has 0 atom stereocenters. The Bertz CT molecular complexity index is 412. The van der Waals surface area contributed by atoms with Gasteiger partial charge in [0.05, 0.1) is 6.61 Å². The van der Waals surface area contributed by atoms with E-state index in [0.717, 1.165) is 19.5 Å². The summed E-state index contributed by atoms with van der Waals surface area (Å²) in [6, 6.07) is 1.65. The highest BCUT2D eigenvalue weighted by molar-refractivity contribution is 5.92. The maximum absolute atomic E-state index is 11.8. The van der Waals surface area contributed by atoms with Gasteiger partial charge < -0.3 is 20.3 Å². The van der Waals surface area contributed by atoms with E-state index >= 15 is 0 Å². The second-order valence-corrected chi connectivity index (χ2v) is 4.62. The first-order valence-corrected chi connectivity index (χ1v) is 6.61. The fraction of sp³-hybridized carbons (Fsp3) is 0.615. The fourth-order valence-electron chi connectivity index (χ4n) is 1.55. The molecular formula is C13H23N5O2. The van der Waals surface area contributed by atoms with Gasteiger partial charge in [-0.1, -0.05) is 0 Å². The summed E-state index contributed by atoms with van der Waals surface area (Å²) in [6.07, 6.45) is 2.39. The van der Waals surface area contributed by atoms with Crippen molar-refractivity contribution in [3.63, 3.8) is 0 Å². The first-order chi connectivity index (χ1) is 9.63. The van der Waals surface area contributed by atoms with Gasteiger partial charge in [0.25, 0.3) is 5.91 Å². The molecule has 1 aromatic rings. The molecule has 0 aromatic carbocycles. The molecule has 1 heterocycles.